The third-order valence-electron chi connectivity index (χ3n) is 2.32. The van der Waals surface area contributed by atoms with Crippen LogP contribution in [0.2, 0.25) is 0 Å². The molecule has 0 unspecified atom stereocenters. The van der Waals surface area contributed by atoms with Gasteiger partial charge >= 0.3 is 6.09 Å². The lowest BCUT2D eigenvalue weighted by atomic mass is 9.71. The number of carboxylic acid groups (broad SMARTS) is 1. The molecule has 0 radical (unpaired) electrons. The molecule has 14 heavy (non-hydrogen) atoms. The van der Waals surface area contributed by atoms with Crippen LogP contribution < -0.4 is 11.1 Å². The van der Waals surface area contributed by atoms with Crippen LogP contribution in [-0.4, -0.2) is 40.0 Å². The van der Waals surface area contributed by atoms with Crippen LogP contribution in [0.4, 0.5) is 9.18 Å². The van der Waals surface area contributed by atoms with Gasteiger partial charge in [-0.3, -0.25) is 4.79 Å². The minimum absolute atomic E-state index is 0.233. The highest BCUT2D eigenvalue weighted by molar-refractivity contribution is 5.81. The number of carbonyl (C=O) groups excluding carboxylic acids is 1. The van der Waals surface area contributed by atoms with E-state index in [1.54, 1.807) is 0 Å². The number of nitrogens with two attached hydrogens (primary N) is 1. The van der Waals surface area contributed by atoms with Gasteiger partial charge in [-0.1, -0.05) is 0 Å². The van der Waals surface area contributed by atoms with Crippen LogP contribution >= 0.6 is 0 Å². The molecule has 6 nitrogen and oxygen atoms in total. The zero-order chi connectivity index (χ0) is 10.9. The van der Waals surface area contributed by atoms with E-state index in [2.05, 4.69) is 0 Å². The molecule has 80 valence electrons. The predicted molar refractivity (Wildman–Crippen MR) is 43.2 cm³/mol. The largest absolute Gasteiger partial charge is 0.465 e. The van der Waals surface area contributed by atoms with Gasteiger partial charge in [-0.05, 0) is 0 Å². The van der Waals surface area contributed by atoms with Crippen molar-refractivity contribution >= 4 is 12.0 Å². The summed E-state index contributed by atoms with van der Waals surface area (Å²) in [6, 6.07) is 0. The number of hydrogen-bond donors (Lipinski definition) is 4. The number of aliphatic hydroxyl groups excluding tert-OH is 1. The highest BCUT2D eigenvalue weighted by atomic mass is 19.1. The van der Waals surface area contributed by atoms with Gasteiger partial charge in [0, 0.05) is 12.8 Å². The molecule has 0 aromatic heterocycles. The normalized spacial score (nSPS) is 32.9. The van der Waals surface area contributed by atoms with Crippen molar-refractivity contribution in [3.63, 3.8) is 0 Å². The molecular weight excluding hydrogens is 195 g/mol. The lowest BCUT2D eigenvalue weighted by Crippen LogP contribution is -2.67. The fourth-order valence-corrected chi connectivity index (χ4v) is 1.61. The van der Waals surface area contributed by atoms with Gasteiger partial charge in [-0.15, -0.1) is 0 Å². The molecule has 0 bridgehead atoms. The molecule has 0 aromatic rings. The molecule has 5 N–H and O–H groups in total. The molecule has 0 heterocycles. The fraction of sp³-hybridized carbons (Fsp3) is 0.714. The molecule has 1 atom stereocenters. The van der Waals surface area contributed by atoms with Crippen LogP contribution in [0, 0.1) is 0 Å². The molecule has 1 rings (SSSR count). The Morgan fingerprint density at radius 3 is 2.36 bits per heavy atom. The Bertz CT molecular complexity index is 264. The topological polar surface area (TPSA) is 113 Å². The molecule has 0 aliphatic heterocycles. The molecule has 0 saturated heterocycles. The third-order valence-corrected chi connectivity index (χ3v) is 2.32. The summed E-state index contributed by atoms with van der Waals surface area (Å²) in [6.45, 7) is 0. The van der Waals surface area contributed by atoms with Crippen molar-refractivity contribution in [2.45, 2.75) is 30.7 Å². The molecule has 0 spiro atoms. The van der Waals surface area contributed by atoms with Gasteiger partial charge in [0.05, 0.1) is 5.54 Å². The lowest BCUT2D eigenvalue weighted by molar-refractivity contribution is -0.135. The van der Waals surface area contributed by atoms with Crippen molar-refractivity contribution in [2.75, 3.05) is 0 Å². The van der Waals surface area contributed by atoms with Crippen molar-refractivity contribution in [1.29, 1.82) is 0 Å². The smallest absolute Gasteiger partial charge is 0.405 e. The van der Waals surface area contributed by atoms with Gasteiger partial charge in [0.25, 0.3) is 0 Å². The van der Waals surface area contributed by atoms with Gasteiger partial charge in [0.15, 0.2) is 6.10 Å². The number of rotatable bonds is 3. The number of nitrogens with one attached hydrogen (secondary N) is 1. The van der Waals surface area contributed by atoms with Crippen molar-refractivity contribution < 1.29 is 24.2 Å². The van der Waals surface area contributed by atoms with E-state index in [-0.39, 0.29) is 12.8 Å². The van der Waals surface area contributed by atoms with E-state index < -0.39 is 29.8 Å². The minimum Gasteiger partial charge on any atom is -0.465 e. The number of alkyl halides is 1. The Morgan fingerprint density at radius 1 is 1.57 bits per heavy atom. The lowest BCUT2D eigenvalue weighted by Gasteiger charge is -2.45. The molecular formula is C7H11FN2O4. The second kappa shape index (κ2) is 3.41. The third kappa shape index (κ3) is 1.77. The Kier molecular flexibility index (Phi) is 2.61. The molecule has 1 fully saturated rings. The van der Waals surface area contributed by atoms with Gasteiger partial charge in [-0.2, -0.15) is 0 Å². The maximum Gasteiger partial charge on any atom is 0.405 e. The summed E-state index contributed by atoms with van der Waals surface area (Å²) in [5, 5.41) is 19.7. The summed E-state index contributed by atoms with van der Waals surface area (Å²) >= 11 is 0. The van der Waals surface area contributed by atoms with Crippen molar-refractivity contribution in [1.82, 2.24) is 5.32 Å². The Hall–Kier alpha value is -1.37. The summed E-state index contributed by atoms with van der Waals surface area (Å²) in [5.74, 6) is -1.06. The summed E-state index contributed by atoms with van der Waals surface area (Å²) < 4.78 is 12.6. The van der Waals surface area contributed by atoms with Crippen LogP contribution in [0.3, 0.4) is 0 Å². The predicted octanol–water partition coefficient (Wildman–Crippen LogP) is -1.03. The number of primary amides is 1. The first-order chi connectivity index (χ1) is 6.37. The summed E-state index contributed by atoms with van der Waals surface area (Å²) in [4.78, 5) is 21.0. The zero-order valence-electron chi connectivity index (χ0n) is 7.24. The Morgan fingerprint density at radius 2 is 2.07 bits per heavy atom. The van der Waals surface area contributed by atoms with Crippen molar-refractivity contribution in [3.05, 3.63) is 0 Å². The van der Waals surface area contributed by atoms with E-state index in [9.17, 15) is 19.1 Å². The Balaban J connectivity index is 2.73. The number of carbonyl (C=O) groups is 2. The van der Waals surface area contributed by atoms with E-state index >= 15 is 0 Å². The molecule has 1 saturated carbocycles. The Labute approximate surface area is 78.9 Å². The maximum absolute atomic E-state index is 12.6. The first-order valence-electron chi connectivity index (χ1n) is 4.00. The molecule has 1 aliphatic rings. The van der Waals surface area contributed by atoms with Crippen molar-refractivity contribution in [3.8, 4) is 0 Å². The number of amides is 2. The second-order valence-corrected chi connectivity index (χ2v) is 3.40. The molecule has 0 aromatic carbocycles. The van der Waals surface area contributed by atoms with Gasteiger partial charge in [0.1, 0.15) is 6.17 Å². The number of hydrogen-bond acceptors (Lipinski definition) is 3. The highest BCUT2D eigenvalue weighted by Gasteiger charge is 2.53. The summed E-state index contributed by atoms with van der Waals surface area (Å²) in [5.41, 5.74) is 3.36. The molecule has 7 heteroatoms. The standard InChI is InChI=1S/C7H11FN2O4/c8-3-1-7(2-3,10-6(13)14)4(11)5(9)12/h3-4,10-11H,1-2H2,(H2,9,12)(H,13,14)/t3?,4-,7?/m0/s1. The van der Waals surface area contributed by atoms with E-state index in [4.69, 9.17) is 10.8 Å². The zero-order valence-corrected chi connectivity index (χ0v) is 7.24. The quantitative estimate of drug-likeness (QED) is 0.473. The number of aliphatic hydroxyl groups is 1. The SMILES string of the molecule is NC(=O)[C@H](O)C1(NC(=O)O)CC(F)C1. The summed E-state index contributed by atoms with van der Waals surface area (Å²) in [7, 11) is 0. The van der Waals surface area contributed by atoms with Crippen LogP contribution in [0.5, 0.6) is 0 Å². The van der Waals surface area contributed by atoms with Gasteiger partial charge in [0.2, 0.25) is 5.91 Å². The fourth-order valence-electron chi connectivity index (χ4n) is 1.61. The van der Waals surface area contributed by atoms with E-state index in [1.807, 2.05) is 5.32 Å². The first kappa shape index (κ1) is 10.7. The number of halogens is 1. The molecule has 1 aliphatic carbocycles. The first-order valence-corrected chi connectivity index (χ1v) is 4.00. The molecule has 2 amide bonds. The average molecular weight is 206 g/mol. The minimum atomic E-state index is -1.69. The second-order valence-electron chi connectivity index (χ2n) is 3.40. The summed E-state index contributed by atoms with van der Waals surface area (Å²) in [6.07, 6.45) is -4.79. The van der Waals surface area contributed by atoms with Crippen LogP contribution in [0.1, 0.15) is 12.8 Å². The maximum atomic E-state index is 12.6. The monoisotopic (exact) mass is 206 g/mol. The van der Waals surface area contributed by atoms with E-state index in [1.165, 1.54) is 0 Å². The van der Waals surface area contributed by atoms with Crippen LogP contribution in [-0.2, 0) is 4.79 Å². The van der Waals surface area contributed by atoms with Crippen LogP contribution in [0.25, 0.3) is 0 Å². The van der Waals surface area contributed by atoms with Gasteiger partial charge in [-0.25, -0.2) is 9.18 Å². The van der Waals surface area contributed by atoms with E-state index in [0.29, 0.717) is 0 Å². The van der Waals surface area contributed by atoms with Crippen molar-refractivity contribution in [2.24, 2.45) is 5.73 Å². The average Bonchev–Trinajstić information content (AvgIpc) is 1.98. The highest BCUT2D eigenvalue weighted by Crippen LogP contribution is 2.37. The van der Waals surface area contributed by atoms with E-state index in [0.717, 1.165) is 0 Å². The van der Waals surface area contributed by atoms with Crippen LogP contribution in [0.15, 0.2) is 0 Å². The van der Waals surface area contributed by atoms with Gasteiger partial charge < -0.3 is 21.3 Å².